The summed E-state index contributed by atoms with van der Waals surface area (Å²) in [5.74, 6) is -0.248. The van der Waals surface area contributed by atoms with E-state index in [1.54, 1.807) is 6.92 Å². The van der Waals surface area contributed by atoms with Gasteiger partial charge >= 0.3 is 12.0 Å². The zero-order valence-corrected chi connectivity index (χ0v) is 18.7. The van der Waals surface area contributed by atoms with E-state index in [1.165, 1.54) is 5.69 Å². The van der Waals surface area contributed by atoms with Crippen LogP contribution in [0.2, 0.25) is 0 Å². The molecule has 0 unspecified atom stereocenters. The molecule has 1 spiro atoms. The molecule has 0 aliphatic carbocycles. The molecule has 7 nitrogen and oxygen atoms in total. The summed E-state index contributed by atoms with van der Waals surface area (Å²) >= 11 is 0. The zero-order chi connectivity index (χ0) is 22.8. The summed E-state index contributed by atoms with van der Waals surface area (Å²) in [6, 6.07) is 19.8. The molecule has 0 bridgehead atoms. The number of carbonyl (C=O) groups excluding carboxylic acids is 2. The van der Waals surface area contributed by atoms with Gasteiger partial charge in [-0.3, -0.25) is 4.79 Å². The van der Waals surface area contributed by atoms with Gasteiger partial charge in [0.05, 0.1) is 29.9 Å². The number of nitrogens with one attached hydrogen (secondary N) is 2. The first-order valence-electron chi connectivity index (χ1n) is 11.4. The van der Waals surface area contributed by atoms with E-state index in [0.717, 1.165) is 29.8 Å². The maximum absolute atomic E-state index is 12.9. The number of esters is 1. The number of fused-ring (bicyclic) bond motifs is 4. The van der Waals surface area contributed by atoms with Gasteiger partial charge in [-0.2, -0.15) is 0 Å². The second-order valence-corrected chi connectivity index (χ2v) is 8.58. The van der Waals surface area contributed by atoms with E-state index in [9.17, 15) is 9.59 Å². The van der Waals surface area contributed by atoms with Gasteiger partial charge in [0, 0.05) is 30.7 Å². The molecule has 2 aliphatic heterocycles. The molecule has 3 aromatic rings. The predicted molar refractivity (Wildman–Crippen MR) is 128 cm³/mol. The van der Waals surface area contributed by atoms with Crippen LogP contribution in [-0.4, -0.2) is 41.2 Å². The fraction of sp³-hybridized carbons (Fsp3) is 0.308. The first-order chi connectivity index (χ1) is 16.1. The standard InChI is InChI=1S/C26H28N4O3/c1-2-33-24(31)18-19-9-11-20(12-10-19)27-25(32)29-16-13-26(14-17-29)23-8-5-15-30(23)22-7-4-3-6-21(22)28-26/h3-12,15,28H,2,13-14,16-18H2,1H3,(H,27,32). The van der Waals surface area contributed by atoms with Crippen molar-refractivity contribution in [1.29, 1.82) is 0 Å². The lowest BCUT2D eigenvalue weighted by atomic mass is 9.82. The van der Waals surface area contributed by atoms with Gasteiger partial charge in [0.1, 0.15) is 0 Å². The maximum atomic E-state index is 12.9. The topological polar surface area (TPSA) is 75.6 Å². The molecule has 5 rings (SSSR count). The lowest BCUT2D eigenvalue weighted by Crippen LogP contribution is -2.51. The Hall–Kier alpha value is -3.74. The van der Waals surface area contributed by atoms with Crippen LogP contribution in [0.4, 0.5) is 16.2 Å². The normalized spacial score (nSPS) is 15.8. The molecule has 1 saturated heterocycles. The van der Waals surface area contributed by atoms with Gasteiger partial charge in [0.25, 0.3) is 0 Å². The first-order valence-corrected chi connectivity index (χ1v) is 11.4. The molecule has 170 valence electrons. The van der Waals surface area contributed by atoms with Crippen LogP contribution in [0, 0.1) is 0 Å². The number of aromatic nitrogens is 1. The number of urea groups is 1. The largest absolute Gasteiger partial charge is 0.466 e. The van der Waals surface area contributed by atoms with Crippen LogP contribution in [0.5, 0.6) is 0 Å². The Labute approximate surface area is 193 Å². The molecule has 33 heavy (non-hydrogen) atoms. The van der Waals surface area contributed by atoms with Gasteiger partial charge in [0.2, 0.25) is 0 Å². The van der Waals surface area contributed by atoms with Gasteiger partial charge in [-0.15, -0.1) is 0 Å². The van der Waals surface area contributed by atoms with Gasteiger partial charge in [-0.25, -0.2) is 4.79 Å². The van der Waals surface area contributed by atoms with Crippen molar-refractivity contribution >= 4 is 23.4 Å². The molecule has 7 heteroatoms. The number of rotatable bonds is 4. The monoisotopic (exact) mass is 444 g/mol. The van der Waals surface area contributed by atoms with E-state index in [1.807, 2.05) is 29.2 Å². The van der Waals surface area contributed by atoms with Crippen molar-refractivity contribution in [3.63, 3.8) is 0 Å². The molecule has 1 aromatic heterocycles. The number of likely N-dealkylation sites (tertiary alicyclic amines) is 1. The summed E-state index contributed by atoms with van der Waals surface area (Å²) in [6.07, 6.45) is 4.00. The molecule has 0 radical (unpaired) electrons. The highest BCUT2D eigenvalue weighted by Gasteiger charge is 2.42. The molecule has 2 aliphatic rings. The van der Waals surface area contributed by atoms with Crippen LogP contribution in [0.25, 0.3) is 5.69 Å². The van der Waals surface area contributed by atoms with Crippen molar-refractivity contribution in [2.45, 2.75) is 31.7 Å². The Kier molecular flexibility index (Phi) is 5.54. The molecule has 3 heterocycles. The third-order valence-electron chi connectivity index (χ3n) is 6.54. The smallest absolute Gasteiger partial charge is 0.321 e. The van der Waals surface area contributed by atoms with Crippen molar-refractivity contribution in [2.75, 3.05) is 30.3 Å². The number of para-hydroxylation sites is 2. The van der Waals surface area contributed by atoms with Crippen LogP contribution in [0.1, 0.15) is 31.0 Å². The number of piperidine rings is 1. The molecule has 2 aromatic carbocycles. The SMILES string of the molecule is CCOC(=O)Cc1ccc(NC(=O)N2CCC3(CC2)Nc2ccccc2-n2cccc23)cc1. The molecule has 2 N–H and O–H groups in total. The van der Waals surface area contributed by atoms with Crippen LogP contribution >= 0.6 is 0 Å². The molecule has 1 fully saturated rings. The fourth-order valence-electron chi connectivity index (χ4n) is 4.85. The minimum Gasteiger partial charge on any atom is -0.466 e. The number of hydrogen-bond donors (Lipinski definition) is 2. The van der Waals surface area contributed by atoms with Gasteiger partial charge in [-0.05, 0) is 61.7 Å². The first kappa shape index (κ1) is 21.1. The second-order valence-electron chi connectivity index (χ2n) is 8.58. The van der Waals surface area contributed by atoms with E-state index in [2.05, 4.69) is 57.8 Å². The average Bonchev–Trinajstić information content (AvgIpc) is 3.33. The number of benzene rings is 2. The molecule has 0 atom stereocenters. The minimum absolute atomic E-state index is 0.102. The fourth-order valence-corrected chi connectivity index (χ4v) is 4.85. The number of carbonyl (C=O) groups is 2. The highest BCUT2D eigenvalue weighted by Crippen LogP contribution is 2.43. The Morgan fingerprint density at radius 2 is 1.79 bits per heavy atom. The lowest BCUT2D eigenvalue weighted by molar-refractivity contribution is -0.142. The van der Waals surface area contributed by atoms with Crippen LogP contribution < -0.4 is 10.6 Å². The third kappa shape index (κ3) is 4.06. The highest BCUT2D eigenvalue weighted by molar-refractivity contribution is 5.89. The summed E-state index contributed by atoms with van der Waals surface area (Å²) in [4.78, 5) is 26.4. The molecule has 0 saturated carbocycles. The van der Waals surface area contributed by atoms with Crippen LogP contribution in [0.15, 0.2) is 66.9 Å². The van der Waals surface area contributed by atoms with Gasteiger partial charge in [-0.1, -0.05) is 24.3 Å². The van der Waals surface area contributed by atoms with E-state index in [0.29, 0.717) is 25.4 Å². The Balaban J connectivity index is 1.22. The lowest BCUT2D eigenvalue weighted by Gasteiger charge is -2.46. The van der Waals surface area contributed by atoms with E-state index >= 15 is 0 Å². The van der Waals surface area contributed by atoms with Crippen molar-refractivity contribution < 1.29 is 14.3 Å². The zero-order valence-electron chi connectivity index (χ0n) is 18.7. The van der Waals surface area contributed by atoms with Crippen molar-refractivity contribution in [1.82, 2.24) is 9.47 Å². The van der Waals surface area contributed by atoms with Crippen molar-refractivity contribution in [2.24, 2.45) is 0 Å². The van der Waals surface area contributed by atoms with Crippen LogP contribution in [0.3, 0.4) is 0 Å². The summed E-state index contributed by atoms with van der Waals surface area (Å²) in [5.41, 5.74) is 4.93. The second kappa shape index (κ2) is 8.65. The van der Waals surface area contributed by atoms with E-state index in [4.69, 9.17) is 4.74 Å². The number of anilines is 2. The Morgan fingerprint density at radius 1 is 1.03 bits per heavy atom. The highest BCUT2D eigenvalue weighted by atomic mass is 16.5. The van der Waals surface area contributed by atoms with Crippen LogP contribution in [-0.2, 0) is 21.5 Å². The number of hydrogen-bond acceptors (Lipinski definition) is 4. The molecular formula is C26H28N4O3. The van der Waals surface area contributed by atoms with Gasteiger partial charge < -0.3 is 24.8 Å². The van der Waals surface area contributed by atoms with Crippen molar-refractivity contribution in [3.05, 3.63) is 78.1 Å². The summed E-state index contributed by atoms with van der Waals surface area (Å²) in [7, 11) is 0. The minimum atomic E-state index is -0.248. The Morgan fingerprint density at radius 3 is 2.55 bits per heavy atom. The Bertz CT molecular complexity index is 1160. The van der Waals surface area contributed by atoms with E-state index < -0.39 is 0 Å². The van der Waals surface area contributed by atoms with E-state index in [-0.39, 0.29) is 24.0 Å². The summed E-state index contributed by atoms with van der Waals surface area (Å²) in [5, 5.41) is 6.76. The van der Waals surface area contributed by atoms with Gasteiger partial charge in [0.15, 0.2) is 0 Å². The number of amides is 2. The quantitative estimate of drug-likeness (QED) is 0.580. The third-order valence-corrected chi connectivity index (χ3v) is 6.54. The summed E-state index contributed by atoms with van der Waals surface area (Å²) in [6.45, 7) is 3.48. The maximum Gasteiger partial charge on any atom is 0.321 e. The number of ether oxygens (including phenoxy) is 1. The van der Waals surface area contributed by atoms with Crippen molar-refractivity contribution in [3.8, 4) is 5.69 Å². The average molecular weight is 445 g/mol. The predicted octanol–water partition coefficient (Wildman–Crippen LogP) is 4.53. The molecule has 2 amide bonds. The summed E-state index contributed by atoms with van der Waals surface area (Å²) < 4.78 is 7.25. The molecular weight excluding hydrogens is 416 g/mol. The number of nitrogens with zero attached hydrogens (tertiary/aromatic N) is 2.